The molecule has 6 aromatic carbocycles. The fraction of sp³-hybridized carbons (Fsp3) is 0.217. The molecule has 4 N–H and O–H groups in total. The van der Waals surface area contributed by atoms with Crippen molar-refractivity contribution >= 4 is 11.4 Å². The predicted molar refractivity (Wildman–Crippen MR) is 206 cm³/mol. The Labute approximate surface area is 286 Å². The van der Waals surface area contributed by atoms with Gasteiger partial charge in [-0.1, -0.05) is 97.1 Å². The highest BCUT2D eigenvalue weighted by atomic mass is 14.6. The molecule has 6 aromatic rings. The molecule has 48 heavy (non-hydrogen) atoms. The minimum absolute atomic E-state index is 0.850. The first-order valence-electron chi connectivity index (χ1n) is 17.6. The van der Waals surface area contributed by atoms with E-state index < -0.39 is 0 Å². The number of anilines is 2. The van der Waals surface area contributed by atoms with E-state index in [1.165, 1.54) is 55.6 Å². The summed E-state index contributed by atoms with van der Waals surface area (Å²) in [5, 5.41) is 0. The third-order valence-corrected chi connectivity index (χ3v) is 10.1. The van der Waals surface area contributed by atoms with Crippen LogP contribution in [0.2, 0.25) is 0 Å². The van der Waals surface area contributed by atoms with Gasteiger partial charge in [-0.3, -0.25) is 0 Å². The molecule has 13 rings (SSSR count). The lowest BCUT2D eigenvalue weighted by atomic mass is 9.92. The number of nitrogen functional groups attached to an aromatic ring is 2. The highest BCUT2D eigenvalue weighted by molar-refractivity contribution is 5.91. The quantitative estimate of drug-likeness (QED) is 0.165. The summed E-state index contributed by atoms with van der Waals surface area (Å²) in [5.41, 5.74) is 32.5. The van der Waals surface area contributed by atoms with Gasteiger partial charge in [0.25, 0.3) is 0 Å². The Bertz CT molecular complexity index is 1720. The van der Waals surface area contributed by atoms with Crippen LogP contribution >= 0.6 is 0 Å². The van der Waals surface area contributed by atoms with E-state index in [4.69, 9.17) is 11.5 Å². The molecule has 240 valence electrons. The van der Waals surface area contributed by atoms with Gasteiger partial charge in [-0.15, -0.1) is 0 Å². The van der Waals surface area contributed by atoms with Crippen molar-refractivity contribution in [2.24, 2.45) is 0 Å². The topological polar surface area (TPSA) is 52.0 Å². The van der Waals surface area contributed by atoms with Gasteiger partial charge in [-0.05, 0) is 145 Å². The molecule has 0 atom stereocenters. The summed E-state index contributed by atoms with van der Waals surface area (Å²) >= 11 is 0. The Morgan fingerprint density at radius 1 is 0.333 bits per heavy atom. The fourth-order valence-corrected chi connectivity index (χ4v) is 7.27. The maximum Gasteiger partial charge on any atom is 0.0473 e. The predicted octanol–water partition coefficient (Wildman–Crippen LogP) is 11.6. The molecule has 0 radical (unpaired) electrons. The molecule has 2 nitrogen and oxygen atoms in total. The molecule has 7 aliphatic carbocycles. The lowest BCUT2D eigenvalue weighted by Gasteiger charge is -2.15. The molecule has 0 spiro atoms. The van der Waals surface area contributed by atoms with Gasteiger partial charge in [-0.2, -0.15) is 0 Å². The Morgan fingerprint density at radius 2 is 0.542 bits per heavy atom. The Hall–Kier alpha value is -5.08. The van der Waals surface area contributed by atoms with Gasteiger partial charge in [-0.25, -0.2) is 0 Å². The third-order valence-electron chi connectivity index (χ3n) is 10.1. The van der Waals surface area contributed by atoms with Crippen LogP contribution in [0.15, 0.2) is 121 Å². The standard InChI is InChI=1S/C46H46N2/c1-31-27-41-37-19-11-33(12-20-37)7-3-5-9-35-15-23-39(24-16-35)43-29-32(2)30-44(46(43)48)40-25-17-36(18-26-40)10-6-4-8-34-13-21-38(22-14-34)42(28-31)45(41)47/h11-30H,3-10,47-48H2,1-2H3. The summed E-state index contributed by atoms with van der Waals surface area (Å²) in [5.74, 6) is 0. The molecule has 0 heterocycles. The zero-order valence-electron chi connectivity index (χ0n) is 28.4. The minimum Gasteiger partial charge on any atom is -0.398 e. The van der Waals surface area contributed by atoms with Crippen LogP contribution in [0, 0.1) is 13.8 Å². The summed E-state index contributed by atoms with van der Waals surface area (Å²) < 4.78 is 0. The van der Waals surface area contributed by atoms with E-state index in [0.29, 0.717) is 0 Å². The molecule has 0 saturated heterocycles. The molecule has 12 bridgehead atoms. The summed E-state index contributed by atoms with van der Waals surface area (Å²) in [4.78, 5) is 0. The number of hydrogen-bond acceptors (Lipinski definition) is 2. The third kappa shape index (κ3) is 6.94. The SMILES string of the molecule is Cc1cc2c(N)c(c1)-c1ccc(cc1)CCCCc1ccc(cc1)-c1cc(C)cc(c1N)-c1ccc(cc1)CCCCc1ccc-2cc1. The molecule has 0 unspecified atom stereocenters. The van der Waals surface area contributed by atoms with Gasteiger partial charge in [0.05, 0.1) is 0 Å². The van der Waals surface area contributed by atoms with Crippen LogP contribution in [0.5, 0.6) is 0 Å². The lowest BCUT2D eigenvalue weighted by Crippen LogP contribution is -1.97. The average Bonchev–Trinajstić information content (AvgIpc) is 3.11. The van der Waals surface area contributed by atoms with Gasteiger partial charge >= 0.3 is 0 Å². The van der Waals surface area contributed by atoms with E-state index in [9.17, 15) is 0 Å². The van der Waals surface area contributed by atoms with Crippen molar-refractivity contribution in [3.05, 3.63) is 155 Å². The number of hydrogen-bond donors (Lipinski definition) is 2. The molecule has 0 amide bonds. The van der Waals surface area contributed by atoms with Crippen LogP contribution in [-0.2, 0) is 25.7 Å². The lowest BCUT2D eigenvalue weighted by molar-refractivity contribution is 0.734. The first kappa shape index (κ1) is 31.5. The Kier molecular flexibility index (Phi) is 9.16. The molecular weight excluding hydrogens is 581 g/mol. The zero-order chi connectivity index (χ0) is 33.0. The normalized spacial score (nSPS) is 13.5. The van der Waals surface area contributed by atoms with E-state index in [0.717, 1.165) is 85.0 Å². The van der Waals surface area contributed by atoms with Crippen molar-refractivity contribution in [1.82, 2.24) is 0 Å². The Balaban J connectivity index is 1.17. The van der Waals surface area contributed by atoms with E-state index in [2.05, 4.69) is 135 Å². The molecule has 0 saturated carbocycles. The summed E-state index contributed by atoms with van der Waals surface area (Å²) in [6, 6.07) is 45.0. The second kappa shape index (κ2) is 14.0. The molecule has 0 aliphatic heterocycles. The van der Waals surface area contributed by atoms with Gasteiger partial charge in [0, 0.05) is 33.6 Å². The van der Waals surface area contributed by atoms with Gasteiger partial charge < -0.3 is 11.5 Å². The first-order chi connectivity index (χ1) is 23.4. The van der Waals surface area contributed by atoms with Gasteiger partial charge in [0.15, 0.2) is 0 Å². The number of nitrogens with two attached hydrogens (primary N) is 2. The maximum atomic E-state index is 6.86. The molecular formula is C46H46N2. The summed E-state index contributed by atoms with van der Waals surface area (Å²) in [7, 11) is 0. The van der Waals surface area contributed by atoms with Crippen LogP contribution < -0.4 is 11.5 Å². The van der Waals surface area contributed by atoms with Gasteiger partial charge in [0.2, 0.25) is 0 Å². The summed E-state index contributed by atoms with van der Waals surface area (Å²) in [6.45, 7) is 4.33. The Morgan fingerprint density at radius 3 is 0.750 bits per heavy atom. The van der Waals surface area contributed by atoms with Crippen molar-refractivity contribution < 1.29 is 0 Å². The van der Waals surface area contributed by atoms with E-state index >= 15 is 0 Å². The summed E-state index contributed by atoms with van der Waals surface area (Å²) in [6.07, 6.45) is 8.90. The number of benzene rings is 6. The molecule has 2 heteroatoms. The molecule has 0 fully saturated rings. The van der Waals surface area contributed by atoms with Crippen LogP contribution in [0.3, 0.4) is 0 Å². The zero-order valence-corrected chi connectivity index (χ0v) is 28.4. The average molecular weight is 627 g/mol. The number of aryl methyl sites for hydroxylation is 6. The van der Waals surface area contributed by atoms with Crippen molar-refractivity contribution in [2.75, 3.05) is 11.5 Å². The molecule has 7 aliphatic rings. The largest absolute Gasteiger partial charge is 0.398 e. The highest BCUT2D eigenvalue weighted by Gasteiger charge is 2.13. The van der Waals surface area contributed by atoms with Crippen LogP contribution in [0.4, 0.5) is 11.4 Å². The van der Waals surface area contributed by atoms with E-state index in [1.807, 2.05) is 0 Å². The van der Waals surface area contributed by atoms with Crippen LogP contribution in [-0.4, -0.2) is 0 Å². The second-order valence-corrected chi connectivity index (χ2v) is 13.7. The van der Waals surface area contributed by atoms with E-state index in [-0.39, 0.29) is 0 Å². The van der Waals surface area contributed by atoms with Crippen molar-refractivity contribution in [3.8, 4) is 44.5 Å². The van der Waals surface area contributed by atoms with Crippen LogP contribution in [0.1, 0.15) is 59.1 Å². The fourth-order valence-electron chi connectivity index (χ4n) is 7.27. The second-order valence-electron chi connectivity index (χ2n) is 13.7. The van der Waals surface area contributed by atoms with Crippen molar-refractivity contribution in [3.63, 3.8) is 0 Å². The van der Waals surface area contributed by atoms with Crippen molar-refractivity contribution in [1.29, 1.82) is 0 Å². The minimum atomic E-state index is 0.850. The highest BCUT2D eigenvalue weighted by Crippen LogP contribution is 2.38. The maximum absolute atomic E-state index is 6.86. The molecule has 0 aromatic heterocycles. The van der Waals surface area contributed by atoms with Crippen LogP contribution in [0.25, 0.3) is 44.5 Å². The number of rotatable bonds is 0. The van der Waals surface area contributed by atoms with Gasteiger partial charge in [0.1, 0.15) is 0 Å². The smallest absolute Gasteiger partial charge is 0.0473 e. The van der Waals surface area contributed by atoms with Crippen molar-refractivity contribution in [2.45, 2.75) is 65.2 Å². The first-order valence-corrected chi connectivity index (χ1v) is 17.6. The monoisotopic (exact) mass is 626 g/mol. The van der Waals surface area contributed by atoms with E-state index in [1.54, 1.807) is 0 Å².